The Morgan fingerprint density at radius 2 is 2.20 bits per heavy atom. The van der Waals surface area contributed by atoms with Gasteiger partial charge in [-0.25, -0.2) is 0 Å². The first-order valence-electron chi connectivity index (χ1n) is 4.87. The second-order valence-corrected chi connectivity index (χ2v) is 3.49. The molecule has 0 aliphatic rings. The smallest absolute Gasteiger partial charge is 0.307 e. The quantitative estimate of drug-likeness (QED) is 0.807. The number of hydrogen-bond acceptors (Lipinski definition) is 2. The molecule has 0 fully saturated rings. The molecule has 0 unspecified atom stereocenters. The minimum Gasteiger partial charge on any atom is -0.481 e. The predicted molar refractivity (Wildman–Crippen MR) is 53.6 cm³/mol. The van der Waals surface area contributed by atoms with E-state index in [-0.39, 0.29) is 13.1 Å². The van der Waals surface area contributed by atoms with Crippen molar-refractivity contribution in [3.05, 3.63) is 17.0 Å². The van der Waals surface area contributed by atoms with Crippen LogP contribution in [0.2, 0.25) is 0 Å². The third-order valence-electron chi connectivity index (χ3n) is 2.36. The maximum atomic E-state index is 12.0. The van der Waals surface area contributed by atoms with E-state index in [1.165, 1.54) is 0 Å². The molecule has 0 aliphatic carbocycles. The molecule has 84 valence electrons. The van der Waals surface area contributed by atoms with Crippen LogP contribution in [0.4, 0.5) is 4.39 Å². The highest BCUT2D eigenvalue weighted by molar-refractivity contribution is 5.70. The summed E-state index contributed by atoms with van der Waals surface area (Å²) in [6.07, 6.45) is 0.391. The van der Waals surface area contributed by atoms with Crippen LogP contribution in [0, 0.1) is 13.8 Å². The highest BCUT2D eigenvalue weighted by atomic mass is 19.1. The summed E-state index contributed by atoms with van der Waals surface area (Å²) in [4.78, 5) is 10.6. The van der Waals surface area contributed by atoms with Gasteiger partial charge in [-0.05, 0) is 20.3 Å². The van der Waals surface area contributed by atoms with Gasteiger partial charge in [-0.3, -0.25) is 13.9 Å². The number of aromatic nitrogens is 2. The minimum absolute atomic E-state index is 0.0205. The molecule has 1 rings (SSSR count). The Balaban J connectivity index is 2.87. The van der Waals surface area contributed by atoms with Crippen molar-refractivity contribution in [3.8, 4) is 0 Å². The average Bonchev–Trinajstić information content (AvgIpc) is 2.42. The lowest BCUT2D eigenvalue weighted by Crippen LogP contribution is -2.05. The molecule has 0 radical (unpaired) electrons. The molecule has 0 spiro atoms. The Bertz CT molecular complexity index is 361. The summed E-state index contributed by atoms with van der Waals surface area (Å²) in [6, 6.07) is 0. The van der Waals surface area contributed by atoms with Gasteiger partial charge in [-0.2, -0.15) is 5.10 Å². The van der Waals surface area contributed by atoms with E-state index in [1.54, 1.807) is 11.6 Å². The van der Waals surface area contributed by atoms with Crippen LogP contribution in [-0.2, 0) is 17.8 Å². The van der Waals surface area contributed by atoms with Gasteiger partial charge in [0.05, 0.1) is 18.8 Å². The van der Waals surface area contributed by atoms with Crippen molar-refractivity contribution in [2.45, 2.75) is 33.2 Å². The first kappa shape index (κ1) is 11.7. The number of aryl methyl sites for hydroxylation is 2. The summed E-state index contributed by atoms with van der Waals surface area (Å²) in [7, 11) is 0. The topological polar surface area (TPSA) is 55.1 Å². The van der Waals surface area contributed by atoms with Crippen molar-refractivity contribution in [2.75, 3.05) is 6.67 Å². The first-order chi connectivity index (χ1) is 7.06. The lowest BCUT2D eigenvalue weighted by molar-refractivity contribution is -0.136. The van der Waals surface area contributed by atoms with E-state index < -0.39 is 5.97 Å². The maximum Gasteiger partial charge on any atom is 0.307 e. The van der Waals surface area contributed by atoms with Crippen molar-refractivity contribution >= 4 is 5.97 Å². The van der Waals surface area contributed by atoms with Gasteiger partial charge in [0, 0.05) is 17.8 Å². The summed E-state index contributed by atoms with van der Waals surface area (Å²) in [5.41, 5.74) is 2.28. The van der Waals surface area contributed by atoms with Crippen LogP contribution in [0.5, 0.6) is 0 Å². The zero-order valence-electron chi connectivity index (χ0n) is 8.96. The van der Waals surface area contributed by atoms with Crippen molar-refractivity contribution in [1.82, 2.24) is 9.78 Å². The molecule has 0 atom stereocenters. The maximum absolute atomic E-state index is 12.0. The number of halogens is 1. The predicted octanol–water partition coefficient (Wildman–Crippen LogP) is 1.49. The standard InChI is InChI=1S/C10H15FN2O2/c1-7-9(6-10(14)15)8(2)13(12-7)5-3-4-11/h3-6H2,1-2H3,(H,14,15). The molecule has 4 nitrogen and oxygen atoms in total. The van der Waals surface area contributed by atoms with Gasteiger partial charge in [0.1, 0.15) is 0 Å². The van der Waals surface area contributed by atoms with Crippen LogP contribution in [0.1, 0.15) is 23.4 Å². The molecule has 1 N–H and O–H groups in total. The molecule has 0 amide bonds. The lowest BCUT2D eigenvalue weighted by Gasteiger charge is -2.02. The second kappa shape index (κ2) is 4.91. The van der Waals surface area contributed by atoms with Crippen LogP contribution in [0.3, 0.4) is 0 Å². The Morgan fingerprint density at radius 1 is 1.53 bits per heavy atom. The van der Waals surface area contributed by atoms with Crippen molar-refractivity contribution in [3.63, 3.8) is 0 Å². The molecule has 5 heteroatoms. The molecule has 1 aromatic rings. The fraction of sp³-hybridized carbons (Fsp3) is 0.600. The Hall–Kier alpha value is -1.39. The molecule has 0 saturated carbocycles. The SMILES string of the molecule is Cc1nn(CCCF)c(C)c1CC(=O)O. The highest BCUT2D eigenvalue weighted by Gasteiger charge is 2.13. The summed E-state index contributed by atoms with van der Waals surface area (Å²) in [5.74, 6) is -0.869. The monoisotopic (exact) mass is 214 g/mol. The second-order valence-electron chi connectivity index (χ2n) is 3.49. The van der Waals surface area contributed by atoms with Crippen LogP contribution in [-0.4, -0.2) is 27.5 Å². The third kappa shape index (κ3) is 2.78. The fourth-order valence-electron chi connectivity index (χ4n) is 1.57. The summed E-state index contributed by atoms with van der Waals surface area (Å²) in [6.45, 7) is 3.71. The summed E-state index contributed by atoms with van der Waals surface area (Å²) < 4.78 is 13.7. The minimum atomic E-state index is -0.869. The summed E-state index contributed by atoms with van der Waals surface area (Å²) >= 11 is 0. The van der Waals surface area contributed by atoms with Gasteiger partial charge < -0.3 is 5.11 Å². The molecule has 0 aromatic carbocycles. The number of rotatable bonds is 5. The van der Waals surface area contributed by atoms with Crippen molar-refractivity contribution in [2.24, 2.45) is 0 Å². The van der Waals surface area contributed by atoms with Crippen LogP contribution >= 0.6 is 0 Å². The van der Waals surface area contributed by atoms with Crippen LogP contribution in [0.15, 0.2) is 0 Å². The summed E-state index contributed by atoms with van der Waals surface area (Å²) in [5, 5.41) is 12.9. The molecular formula is C10H15FN2O2. The van der Waals surface area contributed by atoms with Gasteiger partial charge in [0.2, 0.25) is 0 Å². The van der Waals surface area contributed by atoms with E-state index in [2.05, 4.69) is 5.10 Å². The molecule has 15 heavy (non-hydrogen) atoms. The van der Waals surface area contributed by atoms with E-state index in [0.29, 0.717) is 18.7 Å². The molecule has 1 heterocycles. The van der Waals surface area contributed by atoms with E-state index in [0.717, 1.165) is 11.3 Å². The lowest BCUT2D eigenvalue weighted by atomic mass is 10.1. The number of carboxylic acid groups (broad SMARTS) is 1. The average molecular weight is 214 g/mol. The zero-order valence-corrected chi connectivity index (χ0v) is 8.96. The first-order valence-corrected chi connectivity index (χ1v) is 4.87. The molecule has 0 bridgehead atoms. The zero-order chi connectivity index (χ0) is 11.4. The van der Waals surface area contributed by atoms with E-state index >= 15 is 0 Å². The molecular weight excluding hydrogens is 199 g/mol. The highest BCUT2D eigenvalue weighted by Crippen LogP contribution is 2.14. The number of nitrogens with zero attached hydrogens (tertiary/aromatic N) is 2. The Morgan fingerprint density at radius 3 is 2.73 bits per heavy atom. The van der Waals surface area contributed by atoms with E-state index in [9.17, 15) is 9.18 Å². The number of carboxylic acids is 1. The Labute approximate surface area is 87.7 Å². The Kier molecular flexibility index (Phi) is 3.82. The van der Waals surface area contributed by atoms with E-state index in [4.69, 9.17) is 5.11 Å². The fourth-order valence-corrected chi connectivity index (χ4v) is 1.57. The third-order valence-corrected chi connectivity index (χ3v) is 2.36. The number of hydrogen-bond donors (Lipinski definition) is 1. The largest absolute Gasteiger partial charge is 0.481 e. The van der Waals surface area contributed by atoms with Gasteiger partial charge in [0.15, 0.2) is 0 Å². The van der Waals surface area contributed by atoms with Crippen molar-refractivity contribution < 1.29 is 14.3 Å². The van der Waals surface area contributed by atoms with Crippen LogP contribution in [0.25, 0.3) is 0 Å². The van der Waals surface area contributed by atoms with E-state index in [1.807, 2.05) is 6.92 Å². The number of alkyl halides is 1. The van der Waals surface area contributed by atoms with Gasteiger partial charge in [-0.15, -0.1) is 0 Å². The van der Waals surface area contributed by atoms with Gasteiger partial charge in [-0.1, -0.05) is 0 Å². The number of carbonyl (C=O) groups is 1. The number of aliphatic carboxylic acids is 1. The van der Waals surface area contributed by atoms with Crippen molar-refractivity contribution in [1.29, 1.82) is 0 Å². The molecule has 1 aromatic heterocycles. The van der Waals surface area contributed by atoms with Gasteiger partial charge in [0.25, 0.3) is 0 Å². The van der Waals surface area contributed by atoms with Gasteiger partial charge >= 0.3 is 5.97 Å². The molecule has 0 saturated heterocycles. The normalized spacial score (nSPS) is 10.6. The molecule has 0 aliphatic heterocycles. The van der Waals surface area contributed by atoms with Crippen LogP contribution < -0.4 is 0 Å².